The molecule has 4 bridgehead atoms. The Labute approximate surface area is 157 Å². The molecule has 6 aliphatic carbocycles. The summed E-state index contributed by atoms with van der Waals surface area (Å²) in [5.74, 6) is 8.39. The van der Waals surface area contributed by atoms with Gasteiger partial charge >= 0.3 is 18.9 Å². The predicted molar refractivity (Wildman–Crippen MR) is 98.8 cm³/mol. The summed E-state index contributed by atoms with van der Waals surface area (Å²) in [5, 5.41) is 0. The van der Waals surface area contributed by atoms with Gasteiger partial charge in [0, 0.05) is 0 Å². The Kier molecular flexibility index (Phi) is 4.48. The van der Waals surface area contributed by atoms with Gasteiger partial charge in [-0.15, -0.1) is 0 Å². The number of hydrogen-bond acceptors (Lipinski definition) is 0. The molecule has 0 aromatic heterocycles. The normalized spacial score (nSPS) is 53.3. The van der Waals surface area contributed by atoms with Gasteiger partial charge in [0.1, 0.15) is 0 Å². The molecule has 23 heavy (non-hydrogen) atoms. The maximum Gasteiger partial charge on any atom is 1.00 e. The summed E-state index contributed by atoms with van der Waals surface area (Å²) < 4.78 is 0. The summed E-state index contributed by atoms with van der Waals surface area (Å²) in [4.78, 5) is 0. The number of rotatable bonds is 2. The SMILES string of the molecule is C[BH-](C1CC2CC(C1C)C2(C)C)C1CC2CC(C1C)C2(C)C.[Li+]. The van der Waals surface area contributed by atoms with E-state index < -0.39 is 0 Å². The minimum Gasteiger partial charge on any atom is -0.192 e. The van der Waals surface area contributed by atoms with E-state index in [-0.39, 0.29) is 25.6 Å². The maximum atomic E-state index is 2.72. The van der Waals surface area contributed by atoms with Gasteiger partial charge in [-0.1, -0.05) is 66.2 Å². The first-order valence-electron chi connectivity index (χ1n) is 10.4. The molecule has 0 radical (unpaired) electrons. The largest absolute Gasteiger partial charge is 1.00 e. The quantitative estimate of drug-likeness (QED) is 0.688. The molecule has 0 aliphatic heterocycles. The van der Waals surface area contributed by atoms with Gasteiger partial charge in [-0.25, -0.2) is 0 Å². The van der Waals surface area contributed by atoms with Crippen molar-refractivity contribution in [2.75, 3.05) is 0 Å². The minimum absolute atomic E-state index is 0. The fourth-order valence-corrected chi connectivity index (χ4v) is 8.60. The van der Waals surface area contributed by atoms with Gasteiger partial charge in [0.2, 0.25) is 0 Å². The monoisotopic (exact) mass is 308 g/mol. The molecule has 0 heterocycles. The summed E-state index contributed by atoms with van der Waals surface area (Å²) in [6.45, 7) is 18.2. The summed E-state index contributed by atoms with van der Waals surface area (Å²) in [6.07, 6.45) is 6.25. The molecule has 0 aromatic rings. The molecule has 0 N–H and O–H groups in total. The van der Waals surface area contributed by atoms with Crippen LogP contribution in [0.5, 0.6) is 0 Å². The second-order valence-corrected chi connectivity index (χ2v) is 11.5. The van der Waals surface area contributed by atoms with Crippen LogP contribution in [-0.2, 0) is 0 Å². The molecule has 0 spiro atoms. The summed E-state index contributed by atoms with van der Waals surface area (Å²) in [7, 11) is 0. The molecule has 2 heteroatoms. The van der Waals surface area contributed by atoms with Crippen LogP contribution in [0.4, 0.5) is 0 Å². The molecule has 0 saturated heterocycles. The maximum absolute atomic E-state index is 2.72. The van der Waals surface area contributed by atoms with Crippen molar-refractivity contribution in [3.05, 3.63) is 0 Å². The van der Waals surface area contributed by atoms with Crippen LogP contribution in [-0.4, -0.2) is 6.71 Å². The molecular formula is C21H38BLi. The smallest absolute Gasteiger partial charge is 0.192 e. The van der Waals surface area contributed by atoms with Gasteiger partial charge in [-0.05, 0) is 54.1 Å². The summed E-state index contributed by atoms with van der Waals surface area (Å²) >= 11 is 0. The van der Waals surface area contributed by atoms with Crippen molar-refractivity contribution in [3.8, 4) is 0 Å². The number of hydrogen-bond donors (Lipinski definition) is 0. The molecular weight excluding hydrogens is 270 g/mol. The third-order valence-corrected chi connectivity index (χ3v) is 10.7. The minimum atomic E-state index is 0. The van der Waals surface area contributed by atoms with E-state index in [0.29, 0.717) is 10.8 Å². The molecule has 6 fully saturated rings. The average molecular weight is 308 g/mol. The Balaban J connectivity index is 0.00000156. The van der Waals surface area contributed by atoms with Gasteiger partial charge in [-0.2, -0.15) is 18.5 Å². The van der Waals surface area contributed by atoms with E-state index in [0.717, 1.165) is 47.1 Å². The van der Waals surface area contributed by atoms with Crippen LogP contribution >= 0.6 is 0 Å². The zero-order valence-electron chi connectivity index (χ0n) is 17.2. The second-order valence-electron chi connectivity index (χ2n) is 11.5. The van der Waals surface area contributed by atoms with Crippen LogP contribution in [0.15, 0.2) is 0 Å². The molecule has 126 valence electrons. The van der Waals surface area contributed by atoms with E-state index in [1.54, 1.807) is 25.7 Å². The molecule has 8 atom stereocenters. The number of fused-ring (bicyclic) bond motifs is 4. The van der Waals surface area contributed by atoms with E-state index >= 15 is 0 Å². The molecule has 0 aromatic carbocycles. The molecule has 6 saturated carbocycles. The van der Waals surface area contributed by atoms with Crippen molar-refractivity contribution >= 4 is 6.71 Å². The first-order chi connectivity index (χ1) is 10.2. The fourth-order valence-electron chi connectivity index (χ4n) is 8.60. The third kappa shape index (κ3) is 2.31. The fraction of sp³-hybridized carbons (Fsp3) is 1.00. The van der Waals surface area contributed by atoms with E-state index in [1.165, 1.54) is 0 Å². The van der Waals surface area contributed by atoms with Crippen LogP contribution in [0.3, 0.4) is 0 Å². The summed E-state index contributed by atoms with van der Waals surface area (Å²) in [6, 6.07) is 0. The standard InChI is InChI=1S/C21H38B.Li/c1-12-16-8-14(20(16,3)4)10-18(12)22(7)19-11-15-9-17(13(19)2)21(15,5)6;/h12-19,22H,8-11H2,1-7H3;/q-1;+1. The zero-order valence-corrected chi connectivity index (χ0v) is 17.2. The van der Waals surface area contributed by atoms with Gasteiger partial charge in [0.15, 0.2) is 0 Å². The Morgan fingerprint density at radius 2 is 1.04 bits per heavy atom. The van der Waals surface area contributed by atoms with E-state index in [9.17, 15) is 0 Å². The van der Waals surface area contributed by atoms with Gasteiger partial charge in [-0.3, -0.25) is 0 Å². The van der Waals surface area contributed by atoms with E-state index in [1.807, 2.05) is 0 Å². The van der Waals surface area contributed by atoms with Crippen molar-refractivity contribution in [3.63, 3.8) is 0 Å². The van der Waals surface area contributed by atoms with Crippen LogP contribution in [0, 0.1) is 46.3 Å². The molecule has 0 amide bonds. The van der Waals surface area contributed by atoms with Crippen molar-refractivity contribution < 1.29 is 18.9 Å². The Hall–Kier alpha value is 0.662. The third-order valence-electron chi connectivity index (χ3n) is 10.7. The molecule has 8 unspecified atom stereocenters. The van der Waals surface area contributed by atoms with E-state index in [4.69, 9.17) is 0 Å². The predicted octanol–water partition coefficient (Wildman–Crippen LogP) is 2.99. The van der Waals surface area contributed by atoms with Crippen LogP contribution < -0.4 is 18.9 Å². The molecule has 6 aliphatic rings. The average Bonchev–Trinajstić information content (AvgIpc) is 2.45. The topological polar surface area (TPSA) is 0 Å². The van der Waals surface area contributed by atoms with Gasteiger partial charge in [0.05, 0.1) is 0 Å². The second kappa shape index (κ2) is 5.58. The van der Waals surface area contributed by atoms with Gasteiger partial charge < -0.3 is 0 Å². The Morgan fingerprint density at radius 3 is 1.30 bits per heavy atom. The zero-order chi connectivity index (χ0) is 16.0. The van der Waals surface area contributed by atoms with E-state index in [2.05, 4.69) is 48.4 Å². The van der Waals surface area contributed by atoms with Crippen LogP contribution in [0.25, 0.3) is 0 Å². The summed E-state index contributed by atoms with van der Waals surface area (Å²) in [5.41, 5.74) is 1.33. The molecule has 6 rings (SSSR count). The first kappa shape index (κ1) is 18.5. The Bertz CT molecular complexity index is 428. The van der Waals surface area contributed by atoms with Crippen molar-refractivity contribution in [2.45, 2.75) is 85.7 Å². The Morgan fingerprint density at radius 1 is 0.696 bits per heavy atom. The molecule has 0 nitrogen and oxygen atoms in total. The van der Waals surface area contributed by atoms with Crippen molar-refractivity contribution in [2.24, 2.45) is 46.3 Å². The van der Waals surface area contributed by atoms with Crippen LogP contribution in [0.1, 0.15) is 67.2 Å². The van der Waals surface area contributed by atoms with Crippen LogP contribution in [0.2, 0.25) is 18.5 Å². The first-order valence-corrected chi connectivity index (χ1v) is 10.4. The van der Waals surface area contributed by atoms with Crippen molar-refractivity contribution in [1.82, 2.24) is 0 Å². The van der Waals surface area contributed by atoms with Gasteiger partial charge in [0.25, 0.3) is 0 Å². The van der Waals surface area contributed by atoms with Crippen molar-refractivity contribution in [1.29, 1.82) is 0 Å².